The number of hydrogen-bond acceptors (Lipinski definition) is 5. The van der Waals surface area contributed by atoms with Gasteiger partial charge in [-0.05, 0) is 18.7 Å². The average molecular weight is 284 g/mol. The third-order valence-corrected chi connectivity index (χ3v) is 3.49. The van der Waals surface area contributed by atoms with Crippen LogP contribution >= 0.6 is 11.8 Å². The molecule has 0 aliphatic carbocycles. The summed E-state index contributed by atoms with van der Waals surface area (Å²) in [5, 5.41) is 17.2. The van der Waals surface area contributed by atoms with Crippen molar-refractivity contribution in [2.24, 2.45) is 7.05 Å². The van der Waals surface area contributed by atoms with Gasteiger partial charge in [0.2, 0.25) is 0 Å². The number of thioether (sulfide) groups is 1. The van der Waals surface area contributed by atoms with E-state index in [9.17, 15) is 8.78 Å². The highest BCUT2D eigenvalue weighted by atomic mass is 32.2. The van der Waals surface area contributed by atoms with Gasteiger partial charge in [0.1, 0.15) is 22.5 Å². The highest BCUT2D eigenvalue weighted by Gasteiger charge is 2.20. The molecule has 0 radical (unpaired) electrons. The fourth-order valence-electron chi connectivity index (χ4n) is 1.66. The molecular weight excluding hydrogens is 274 g/mol. The molecule has 9 heteroatoms. The van der Waals surface area contributed by atoms with Gasteiger partial charge in [-0.15, -0.1) is 0 Å². The standard InChI is InChI=1S/C10H10F2N6S/c1-5-8(16-17(2)9(5)19-10(11)12)18-7(14)6(3-13)4-15-18/h4,10H,14H2,1-2H3. The second kappa shape index (κ2) is 4.89. The summed E-state index contributed by atoms with van der Waals surface area (Å²) in [4.78, 5) is 0. The molecule has 0 saturated carbocycles. The second-order valence-corrected chi connectivity index (χ2v) is 4.70. The number of anilines is 1. The van der Waals surface area contributed by atoms with E-state index in [1.165, 1.54) is 15.6 Å². The Morgan fingerprint density at radius 1 is 1.53 bits per heavy atom. The van der Waals surface area contributed by atoms with Crippen LogP contribution in [0.4, 0.5) is 14.6 Å². The minimum Gasteiger partial charge on any atom is -0.382 e. The molecule has 0 atom stereocenters. The molecule has 2 aromatic rings. The largest absolute Gasteiger partial charge is 0.382 e. The number of aromatic nitrogens is 4. The summed E-state index contributed by atoms with van der Waals surface area (Å²) < 4.78 is 27.5. The van der Waals surface area contributed by atoms with Crippen molar-refractivity contribution in [1.29, 1.82) is 5.26 Å². The Bertz CT molecular complexity index is 654. The zero-order chi connectivity index (χ0) is 14.2. The minimum atomic E-state index is -2.54. The van der Waals surface area contributed by atoms with Crippen molar-refractivity contribution in [3.05, 3.63) is 17.3 Å². The van der Waals surface area contributed by atoms with Gasteiger partial charge >= 0.3 is 0 Å². The van der Waals surface area contributed by atoms with E-state index in [4.69, 9.17) is 11.0 Å². The van der Waals surface area contributed by atoms with Gasteiger partial charge in [-0.2, -0.15) is 28.9 Å². The first-order valence-corrected chi connectivity index (χ1v) is 6.06. The topological polar surface area (TPSA) is 85.4 Å². The molecule has 0 bridgehead atoms. The first-order chi connectivity index (χ1) is 8.95. The van der Waals surface area contributed by atoms with Gasteiger partial charge in [0.15, 0.2) is 5.82 Å². The van der Waals surface area contributed by atoms with E-state index >= 15 is 0 Å². The first kappa shape index (κ1) is 13.4. The molecule has 0 aromatic carbocycles. The van der Waals surface area contributed by atoms with Gasteiger partial charge in [-0.25, -0.2) is 0 Å². The lowest BCUT2D eigenvalue weighted by atomic mass is 10.3. The van der Waals surface area contributed by atoms with Crippen LogP contribution in [0.25, 0.3) is 5.82 Å². The Kier molecular flexibility index (Phi) is 3.44. The minimum absolute atomic E-state index is 0.136. The third-order valence-electron chi connectivity index (χ3n) is 2.52. The monoisotopic (exact) mass is 284 g/mol. The van der Waals surface area contributed by atoms with Crippen LogP contribution in [-0.4, -0.2) is 25.3 Å². The molecule has 0 fully saturated rings. The van der Waals surface area contributed by atoms with E-state index in [0.29, 0.717) is 28.2 Å². The Labute approximate surface area is 111 Å². The summed E-state index contributed by atoms with van der Waals surface area (Å²) in [7, 11) is 1.56. The van der Waals surface area contributed by atoms with Crippen molar-refractivity contribution in [1.82, 2.24) is 19.6 Å². The number of nitriles is 1. The van der Waals surface area contributed by atoms with Crippen LogP contribution in [0.2, 0.25) is 0 Å². The number of nitrogen functional groups attached to an aromatic ring is 1. The Balaban J connectivity index is 2.52. The van der Waals surface area contributed by atoms with Crippen molar-refractivity contribution in [2.45, 2.75) is 17.7 Å². The first-order valence-electron chi connectivity index (χ1n) is 5.18. The molecule has 2 heterocycles. The lowest BCUT2D eigenvalue weighted by Crippen LogP contribution is -2.05. The van der Waals surface area contributed by atoms with Gasteiger partial charge in [0.25, 0.3) is 5.76 Å². The highest BCUT2D eigenvalue weighted by molar-refractivity contribution is 7.99. The van der Waals surface area contributed by atoms with E-state index in [-0.39, 0.29) is 11.4 Å². The maximum absolute atomic E-state index is 12.5. The van der Waals surface area contributed by atoms with Crippen molar-refractivity contribution in [3.8, 4) is 11.9 Å². The maximum Gasteiger partial charge on any atom is 0.290 e. The quantitative estimate of drug-likeness (QED) is 0.867. The normalized spacial score (nSPS) is 10.9. The average Bonchev–Trinajstić information content (AvgIpc) is 2.83. The number of nitrogens with zero attached hydrogens (tertiary/aromatic N) is 5. The van der Waals surface area contributed by atoms with Gasteiger partial charge in [0.05, 0.1) is 6.20 Å². The molecule has 0 aliphatic heterocycles. The van der Waals surface area contributed by atoms with Gasteiger partial charge in [0, 0.05) is 12.6 Å². The smallest absolute Gasteiger partial charge is 0.290 e. The van der Waals surface area contributed by atoms with Crippen molar-refractivity contribution < 1.29 is 8.78 Å². The molecule has 19 heavy (non-hydrogen) atoms. The van der Waals surface area contributed by atoms with E-state index in [1.54, 1.807) is 14.0 Å². The van der Waals surface area contributed by atoms with Gasteiger partial charge < -0.3 is 5.73 Å². The third kappa shape index (κ3) is 2.26. The summed E-state index contributed by atoms with van der Waals surface area (Å²) >= 11 is 0.406. The van der Waals surface area contributed by atoms with Crippen LogP contribution in [0.1, 0.15) is 11.1 Å². The lowest BCUT2D eigenvalue weighted by Gasteiger charge is -2.02. The van der Waals surface area contributed by atoms with Crippen LogP contribution in [0.3, 0.4) is 0 Å². The molecule has 2 N–H and O–H groups in total. The SMILES string of the molecule is Cc1c(-n2ncc(C#N)c2N)nn(C)c1SC(F)F. The molecule has 6 nitrogen and oxygen atoms in total. The molecule has 0 saturated heterocycles. The number of halogens is 2. The summed E-state index contributed by atoms with van der Waals surface area (Å²) in [6, 6.07) is 1.89. The molecule has 0 amide bonds. The van der Waals surface area contributed by atoms with Gasteiger partial charge in [-0.1, -0.05) is 0 Å². The molecule has 2 rings (SSSR count). The second-order valence-electron chi connectivity index (χ2n) is 3.72. The van der Waals surface area contributed by atoms with Crippen molar-refractivity contribution >= 4 is 17.6 Å². The number of alkyl halides is 2. The number of hydrogen-bond donors (Lipinski definition) is 1. The van der Waals surface area contributed by atoms with Crippen molar-refractivity contribution in [3.63, 3.8) is 0 Å². The lowest BCUT2D eigenvalue weighted by molar-refractivity contribution is 0.251. The molecule has 0 unspecified atom stereocenters. The summed E-state index contributed by atoms with van der Waals surface area (Å²) in [5.74, 6) is -2.06. The highest BCUT2D eigenvalue weighted by Crippen LogP contribution is 2.31. The summed E-state index contributed by atoms with van der Waals surface area (Å²) in [6.45, 7) is 1.65. The van der Waals surface area contributed by atoms with E-state index in [0.717, 1.165) is 0 Å². The molecular formula is C10H10F2N6S. The number of aryl methyl sites for hydroxylation is 1. The predicted octanol–water partition coefficient (Wildman–Crippen LogP) is 1.68. The fraction of sp³-hybridized carbons (Fsp3) is 0.300. The molecule has 2 aromatic heterocycles. The van der Waals surface area contributed by atoms with Crippen LogP contribution in [0, 0.1) is 18.3 Å². The number of rotatable bonds is 3. The molecule has 0 aliphatic rings. The predicted molar refractivity (Wildman–Crippen MR) is 66.1 cm³/mol. The van der Waals surface area contributed by atoms with Gasteiger partial charge in [-0.3, -0.25) is 4.68 Å². The van der Waals surface area contributed by atoms with Crippen LogP contribution in [0.15, 0.2) is 11.2 Å². The Morgan fingerprint density at radius 3 is 2.74 bits per heavy atom. The molecule has 0 spiro atoms. The fourth-order valence-corrected chi connectivity index (χ4v) is 2.29. The zero-order valence-corrected chi connectivity index (χ0v) is 10.9. The Hall–Kier alpha value is -2.08. The summed E-state index contributed by atoms with van der Waals surface area (Å²) in [6.07, 6.45) is 1.31. The van der Waals surface area contributed by atoms with Crippen LogP contribution < -0.4 is 5.73 Å². The van der Waals surface area contributed by atoms with Crippen LogP contribution in [0.5, 0.6) is 0 Å². The zero-order valence-electron chi connectivity index (χ0n) is 10.1. The van der Waals surface area contributed by atoms with E-state index < -0.39 is 5.76 Å². The Morgan fingerprint density at radius 2 is 2.21 bits per heavy atom. The number of nitrogens with two attached hydrogens (primary N) is 1. The van der Waals surface area contributed by atoms with E-state index in [2.05, 4.69) is 10.2 Å². The van der Waals surface area contributed by atoms with Crippen molar-refractivity contribution in [2.75, 3.05) is 5.73 Å². The van der Waals surface area contributed by atoms with E-state index in [1.807, 2.05) is 6.07 Å². The van der Waals surface area contributed by atoms with Crippen LogP contribution in [-0.2, 0) is 7.05 Å². The summed E-state index contributed by atoms with van der Waals surface area (Å²) in [5.41, 5.74) is 6.50. The molecule has 100 valence electrons. The maximum atomic E-state index is 12.5.